The second-order valence-electron chi connectivity index (χ2n) is 5.88. The zero-order chi connectivity index (χ0) is 18.1. The minimum atomic E-state index is -0.263. The number of pyridine rings is 1. The average Bonchev–Trinajstić information content (AvgIpc) is 3.02. The summed E-state index contributed by atoms with van der Waals surface area (Å²) in [5, 5.41) is 18.9. The number of aromatic amines is 1. The lowest BCUT2D eigenvalue weighted by Crippen LogP contribution is -2.26. The maximum atomic E-state index is 12.4. The van der Waals surface area contributed by atoms with Crippen LogP contribution in [0.4, 0.5) is 5.69 Å². The monoisotopic (exact) mass is 349 g/mol. The van der Waals surface area contributed by atoms with Gasteiger partial charge in [-0.2, -0.15) is 5.10 Å². The van der Waals surface area contributed by atoms with Crippen LogP contribution in [0, 0.1) is 6.92 Å². The van der Waals surface area contributed by atoms with Gasteiger partial charge < -0.3 is 5.32 Å². The van der Waals surface area contributed by atoms with Crippen molar-refractivity contribution in [2.24, 2.45) is 0 Å². The van der Waals surface area contributed by atoms with Gasteiger partial charge in [0.05, 0.1) is 23.8 Å². The van der Waals surface area contributed by atoms with Crippen LogP contribution < -0.4 is 10.9 Å². The number of hydrogen-bond donors (Lipinski definition) is 2. The summed E-state index contributed by atoms with van der Waals surface area (Å²) < 4.78 is 1.20. The van der Waals surface area contributed by atoms with E-state index in [0.717, 1.165) is 11.1 Å². The molecule has 0 aliphatic heterocycles. The second-order valence-corrected chi connectivity index (χ2v) is 5.88. The van der Waals surface area contributed by atoms with E-state index >= 15 is 0 Å². The Labute approximate surface area is 147 Å². The zero-order valence-corrected chi connectivity index (χ0v) is 13.9. The molecule has 130 valence electrons. The third-order valence-electron chi connectivity index (χ3n) is 4.06. The first-order valence-corrected chi connectivity index (χ1v) is 8.05. The Morgan fingerprint density at radius 2 is 2.12 bits per heavy atom. The minimum absolute atomic E-state index is 0.0926. The van der Waals surface area contributed by atoms with Gasteiger partial charge >= 0.3 is 0 Å². The van der Waals surface area contributed by atoms with E-state index in [-0.39, 0.29) is 24.4 Å². The summed E-state index contributed by atoms with van der Waals surface area (Å²) >= 11 is 0. The lowest BCUT2D eigenvalue weighted by Gasteiger charge is -2.06. The molecule has 1 amide bonds. The second kappa shape index (κ2) is 6.36. The Bertz CT molecular complexity index is 1180. The Morgan fingerprint density at radius 1 is 1.27 bits per heavy atom. The molecule has 0 unspecified atom stereocenters. The van der Waals surface area contributed by atoms with E-state index < -0.39 is 0 Å². The normalized spacial score (nSPS) is 11.1. The maximum absolute atomic E-state index is 12.4. The number of aryl methyl sites for hydroxylation is 2. The number of amides is 1. The molecule has 3 heterocycles. The number of nitrogens with zero attached hydrogens (tertiary/aromatic N) is 5. The van der Waals surface area contributed by atoms with Gasteiger partial charge in [0, 0.05) is 17.5 Å². The maximum Gasteiger partial charge on any atom is 0.277 e. The van der Waals surface area contributed by atoms with Gasteiger partial charge in [-0.05, 0) is 25.1 Å². The standard InChI is InChI=1S/C17H15N7O2/c1-10-13-8-11(9-18-16(13)22-20-10)19-15(25)6-7-24-17(26)12-4-2-3-5-14(12)21-23-24/h2-5,8-9H,6-7H2,1H3,(H,19,25)(H,18,20,22). The van der Waals surface area contributed by atoms with Crippen molar-refractivity contribution in [2.75, 3.05) is 5.32 Å². The lowest BCUT2D eigenvalue weighted by molar-refractivity contribution is -0.116. The fraction of sp³-hybridized carbons (Fsp3) is 0.176. The molecule has 2 N–H and O–H groups in total. The summed E-state index contributed by atoms with van der Waals surface area (Å²) in [6, 6.07) is 8.78. The molecular weight excluding hydrogens is 334 g/mol. The van der Waals surface area contributed by atoms with E-state index in [2.05, 4.69) is 30.8 Å². The highest BCUT2D eigenvalue weighted by Gasteiger charge is 2.09. The molecule has 0 bridgehead atoms. The number of rotatable bonds is 4. The molecule has 4 aromatic rings. The minimum Gasteiger partial charge on any atom is -0.325 e. The van der Waals surface area contributed by atoms with Gasteiger partial charge in [-0.1, -0.05) is 17.3 Å². The van der Waals surface area contributed by atoms with Crippen molar-refractivity contribution in [1.82, 2.24) is 30.2 Å². The van der Waals surface area contributed by atoms with Gasteiger partial charge in [0.2, 0.25) is 5.91 Å². The van der Waals surface area contributed by atoms with Crippen molar-refractivity contribution in [2.45, 2.75) is 19.9 Å². The number of aromatic nitrogens is 6. The van der Waals surface area contributed by atoms with Crippen LogP contribution in [0.15, 0.2) is 41.3 Å². The summed E-state index contributed by atoms with van der Waals surface area (Å²) in [4.78, 5) is 28.7. The third kappa shape index (κ3) is 2.90. The van der Waals surface area contributed by atoms with E-state index in [1.165, 1.54) is 4.68 Å². The van der Waals surface area contributed by atoms with Crippen LogP contribution in [0.25, 0.3) is 21.9 Å². The van der Waals surface area contributed by atoms with E-state index in [1.807, 2.05) is 6.92 Å². The SMILES string of the molecule is Cc1[nH]nc2ncc(NC(=O)CCn3nnc4ccccc4c3=O)cc12. The molecule has 9 heteroatoms. The number of H-pyrrole nitrogens is 1. The highest BCUT2D eigenvalue weighted by atomic mass is 16.2. The molecule has 1 aromatic carbocycles. The molecule has 0 spiro atoms. The Hall–Kier alpha value is -3.62. The topological polar surface area (TPSA) is 118 Å². The summed E-state index contributed by atoms with van der Waals surface area (Å²) in [6.07, 6.45) is 1.64. The third-order valence-corrected chi connectivity index (χ3v) is 4.06. The van der Waals surface area contributed by atoms with Gasteiger partial charge in [0.1, 0.15) is 5.52 Å². The molecule has 0 atom stereocenters. The number of anilines is 1. The van der Waals surface area contributed by atoms with Gasteiger partial charge in [-0.15, -0.1) is 5.10 Å². The molecule has 0 saturated carbocycles. The van der Waals surface area contributed by atoms with E-state index in [1.54, 1.807) is 36.5 Å². The fourth-order valence-corrected chi connectivity index (χ4v) is 2.69. The van der Waals surface area contributed by atoms with Crippen LogP contribution in [-0.4, -0.2) is 36.1 Å². The van der Waals surface area contributed by atoms with Gasteiger partial charge in [-0.3, -0.25) is 14.7 Å². The number of carbonyl (C=O) groups is 1. The summed E-state index contributed by atoms with van der Waals surface area (Å²) in [7, 11) is 0. The number of nitrogens with one attached hydrogen (secondary N) is 2. The highest BCUT2D eigenvalue weighted by molar-refractivity contribution is 5.93. The van der Waals surface area contributed by atoms with E-state index in [9.17, 15) is 9.59 Å². The van der Waals surface area contributed by atoms with E-state index in [4.69, 9.17) is 0 Å². The van der Waals surface area contributed by atoms with Crippen LogP contribution in [0.5, 0.6) is 0 Å². The molecule has 0 aliphatic rings. The Kier molecular flexibility index (Phi) is 3.88. The summed E-state index contributed by atoms with van der Waals surface area (Å²) in [6.45, 7) is 2.02. The van der Waals surface area contributed by atoms with Gasteiger partial charge in [-0.25, -0.2) is 9.67 Å². The molecule has 0 radical (unpaired) electrons. The van der Waals surface area contributed by atoms with Gasteiger partial charge in [0.15, 0.2) is 5.65 Å². The van der Waals surface area contributed by atoms with Crippen molar-refractivity contribution in [3.63, 3.8) is 0 Å². The van der Waals surface area contributed by atoms with Crippen LogP contribution in [0.1, 0.15) is 12.1 Å². The number of fused-ring (bicyclic) bond motifs is 2. The lowest BCUT2D eigenvalue weighted by atomic mass is 10.2. The molecule has 4 rings (SSSR count). The molecule has 0 aliphatic carbocycles. The van der Waals surface area contributed by atoms with Crippen molar-refractivity contribution >= 4 is 33.5 Å². The quantitative estimate of drug-likeness (QED) is 0.575. The predicted octanol–water partition coefficient (Wildman–Crippen LogP) is 1.40. The molecule has 0 fully saturated rings. The molecule has 3 aromatic heterocycles. The van der Waals surface area contributed by atoms with Gasteiger partial charge in [0.25, 0.3) is 5.56 Å². The average molecular weight is 349 g/mol. The zero-order valence-electron chi connectivity index (χ0n) is 13.9. The molecule has 0 saturated heterocycles. The largest absolute Gasteiger partial charge is 0.325 e. The van der Waals surface area contributed by atoms with Crippen LogP contribution >= 0.6 is 0 Å². The van der Waals surface area contributed by atoms with Crippen molar-refractivity contribution in [3.05, 3.63) is 52.6 Å². The summed E-state index contributed by atoms with van der Waals surface area (Å²) in [5.41, 5.74) is 2.32. The first kappa shape index (κ1) is 15.9. The van der Waals surface area contributed by atoms with Crippen LogP contribution in [-0.2, 0) is 11.3 Å². The molecule has 9 nitrogen and oxygen atoms in total. The van der Waals surface area contributed by atoms with Crippen LogP contribution in [0.3, 0.4) is 0 Å². The Morgan fingerprint density at radius 3 is 3.00 bits per heavy atom. The van der Waals surface area contributed by atoms with Crippen LogP contribution in [0.2, 0.25) is 0 Å². The summed E-state index contributed by atoms with van der Waals surface area (Å²) in [5.74, 6) is -0.242. The molecule has 26 heavy (non-hydrogen) atoms. The number of carbonyl (C=O) groups excluding carboxylic acids is 1. The Balaban J connectivity index is 1.47. The van der Waals surface area contributed by atoms with E-state index in [0.29, 0.717) is 22.2 Å². The van der Waals surface area contributed by atoms with Crippen molar-refractivity contribution < 1.29 is 4.79 Å². The molecular formula is C17H15N7O2. The first-order chi connectivity index (χ1) is 12.6. The number of hydrogen-bond acceptors (Lipinski definition) is 6. The number of benzene rings is 1. The van der Waals surface area contributed by atoms with Crippen molar-refractivity contribution in [1.29, 1.82) is 0 Å². The fourth-order valence-electron chi connectivity index (χ4n) is 2.69. The highest BCUT2D eigenvalue weighted by Crippen LogP contribution is 2.17. The smallest absolute Gasteiger partial charge is 0.277 e. The first-order valence-electron chi connectivity index (χ1n) is 8.05. The predicted molar refractivity (Wildman–Crippen MR) is 95.7 cm³/mol. The van der Waals surface area contributed by atoms with Crippen molar-refractivity contribution in [3.8, 4) is 0 Å².